The first-order valence-corrected chi connectivity index (χ1v) is 9.85. The Hall–Kier alpha value is -2.13. The average molecular weight is 457 g/mol. The van der Waals surface area contributed by atoms with Gasteiger partial charge in [0.1, 0.15) is 0 Å². The molecule has 2 aromatic carbocycles. The standard InChI is InChI=1S/C23H16BrCl2N/c1-2-16(4-3-13-25)22-14-19(17-5-9-20(24)10-6-17)15-23(27-22)18-7-11-21(26)12-8-18/h2-15H,1H2/b13-3+,16-4+. The van der Waals surface area contributed by atoms with Crippen molar-refractivity contribution >= 4 is 44.7 Å². The van der Waals surface area contributed by atoms with Crippen LogP contribution >= 0.6 is 39.1 Å². The van der Waals surface area contributed by atoms with E-state index in [9.17, 15) is 0 Å². The Morgan fingerprint density at radius 3 is 2.22 bits per heavy atom. The molecule has 0 saturated carbocycles. The first kappa shape index (κ1) is 19.6. The van der Waals surface area contributed by atoms with Gasteiger partial charge in [-0.2, -0.15) is 0 Å². The van der Waals surface area contributed by atoms with Crippen LogP contribution in [0.2, 0.25) is 5.02 Å². The number of benzene rings is 2. The fourth-order valence-electron chi connectivity index (χ4n) is 2.65. The summed E-state index contributed by atoms with van der Waals surface area (Å²) in [5.74, 6) is 0. The Balaban J connectivity index is 2.19. The minimum atomic E-state index is 0.696. The van der Waals surface area contributed by atoms with E-state index in [1.54, 1.807) is 12.2 Å². The Bertz CT molecular complexity index is 940. The maximum atomic E-state index is 6.04. The van der Waals surface area contributed by atoms with Gasteiger partial charge in [0.05, 0.1) is 11.4 Å². The highest BCUT2D eigenvalue weighted by Crippen LogP contribution is 2.30. The summed E-state index contributed by atoms with van der Waals surface area (Å²) in [7, 11) is 0. The van der Waals surface area contributed by atoms with Crippen molar-refractivity contribution in [3.8, 4) is 22.4 Å². The zero-order valence-corrected chi connectivity index (χ0v) is 17.5. The maximum absolute atomic E-state index is 6.04. The minimum Gasteiger partial charge on any atom is -0.248 e. The SMILES string of the molecule is C=C/C(=C\C=C\Cl)c1cc(-c2ccc(Br)cc2)cc(-c2ccc(Cl)cc2)n1. The molecular weight excluding hydrogens is 441 g/mol. The Morgan fingerprint density at radius 2 is 1.59 bits per heavy atom. The molecule has 1 heterocycles. The van der Waals surface area contributed by atoms with E-state index >= 15 is 0 Å². The lowest BCUT2D eigenvalue weighted by Gasteiger charge is -2.11. The number of halogens is 3. The van der Waals surface area contributed by atoms with Crippen LogP contribution in [-0.4, -0.2) is 4.98 Å². The molecule has 1 nitrogen and oxygen atoms in total. The van der Waals surface area contributed by atoms with E-state index < -0.39 is 0 Å². The van der Waals surface area contributed by atoms with E-state index in [-0.39, 0.29) is 0 Å². The third-order valence-electron chi connectivity index (χ3n) is 4.01. The molecule has 134 valence electrons. The predicted molar refractivity (Wildman–Crippen MR) is 121 cm³/mol. The molecule has 0 aliphatic heterocycles. The molecule has 1 aromatic heterocycles. The van der Waals surface area contributed by atoms with E-state index in [1.807, 2.05) is 42.5 Å². The van der Waals surface area contributed by atoms with Gasteiger partial charge < -0.3 is 0 Å². The number of nitrogens with zero attached hydrogens (tertiary/aromatic N) is 1. The van der Waals surface area contributed by atoms with Crippen LogP contribution in [0.3, 0.4) is 0 Å². The van der Waals surface area contributed by atoms with Crippen LogP contribution in [0.1, 0.15) is 5.69 Å². The second-order valence-corrected chi connectivity index (χ2v) is 7.39. The average Bonchev–Trinajstić information content (AvgIpc) is 2.69. The van der Waals surface area contributed by atoms with E-state index in [4.69, 9.17) is 28.2 Å². The smallest absolute Gasteiger partial charge is 0.0715 e. The lowest BCUT2D eigenvalue weighted by atomic mass is 10.00. The van der Waals surface area contributed by atoms with Crippen molar-refractivity contribution in [1.29, 1.82) is 0 Å². The van der Waals surface area contributed by atoms with Gasteiger partial charge in [-0.25, -0.2) is 4.98 Å². The lowest BCUT2D eigenvalue weighted by Crippen LogP contribution is -1.93. The van der Waals surface area contributed by atoms with Gasteiger partial charge in [0.25, 0.3) is 0 Å². The summed E-state index contributed by atoms with van der Waals surface area (Å²) >= 11 is 15.2. The zero-order chi connectivity index (χ0) is 19.2. The lowest BCUT2D eigenvalue weighted by molar-refractivity contribution is 1.28. The summed E-state index contributed by atoms with van der Waals surface area (Å²) in [5, 5.41) is 0.696. The fourth-order valence-corrected chi connectivity index (χ4v) is 3.12. The van der Waals surface area contributed by atoms with E-state index in [2.05, 4.69) is 46.8 Å². The number of aromatic nitrogens is 1. The minimum absolute atomic E-state index is 0.696. The van der Waals surface area contributed by atoms with Gasteiger partial charge in [-0.05, 0) is 53.1 Å². The molecule has 0 fully saturated rings. The van der Waals surface area contributed by atoms with Gasteiger partial charge in [0.2, 0.25) is 0 Å². The largest absolute Gasteiger partial charge is 0.248 e. The van der Waals surface area contributed by atoms with Crippen LogP contribution in [-0.2, 0) is 0 Å². The molecule has 0 N–H and O–H groups in total. The Kier molecular flexibility index (Phi) is 6.68. The molecule has 27 heavy (non-hydrogen) atoms. The van der Waals surface area contributed by atoms with Crippen molar-refractivity contribution in [3.63, 3.8) is 0 Å². The normalized spacial score (nSPS) is 11.7. The van der Waals surface area contributed by atoms with Gasteiger partial charge in [0, 0.05) is 20.6 Å². The molecule has 0 radical (unpaired) electrons. The molecular formula is C23H16BrCl2N. The Labute approximate surface area is 177 Å². The first-order valence-electron chi connectivity index (χ1n) is 8.24. The van der Waals surface area contributed by atoms with Crippen LogP contribution in [0.4, 0.5) is 0 Å². The molecule has 3 rings (SSSR count). The molecule has 0 unspecified atom stereocenters. The molecule has 0 aliphatic carbocycles. The van der Waals surface area contributed by atoms with Crippen LogP contribution in [0.15, 0.2) is 95.5 Å². The molecule has 3 aromatic rings. The molecule has 0 amide bonds. The summed E-state index contributed by atoms with van der Waals surface area (Å²) in [4.78, 5) is 4.83. The van der Waals surface area contributed by atoms with Gasteiger partial charge in [-0.15, -0.1) is 0 Å². The molecule has 0 aliphatic rings. The highest BCUT2D eigenvalue weighted by Gasteiger charge is 2.09. The van der Waals surface area contributed by atoms with Crippen LogP contribution < -0.4 is 0 Å². The number of hydrogen-bond donors (Lipinski definition) is 0. The highest BCUT2D eigenvalue weighted by molar-refractivity contribution is 9.10. The van der Waals surface area contributed by atoms with Gasteiger partial charge in [0.15, 0.2) is 0 Å². The monoisotopic (exact) mass is 455 g/mol. The zero-order valence-electron chi connectivity index (χ0n) is 14.4. The molecule has 0 atom stereocenters. The fraction of sp³-hybridized carbons (Fsp3) is 0. The summed E-state index contributed by atoms with van der Waals surface area (Å²) in [5.41, 5.74) is 7.21. The second-order valence-electron chi connectivity index (χ2n) is 5.78. The van der Waals surface area contributed by atoms with Crippen molar-refractivity contribution in [2.24, 2.45) is 0 Å². The summed E-state index contributed by atoms with van der Waals surface area (Å²) in [6.07, 6.45) is 5.42. The molecule has 0 spiro atoms. The van der Waals surface area contributed by atoms with Crippen molar-refractivity contribution in [3.05, 3.63) is 106 Å². The molecule has 0 bridgehead atoms. The van der Waals surface area contributed by atoms with Crippen LogP contribution in [0, 0.1) is 0 Å². The topological polar surface area (TPSA) is 12.9 Å². The van der Waals surface area contributed by atoms with E-state index in [1.165, 1.54) is 5.54 Å². The first-order chi connectivity index (χ1) is 13.1. The van der Waals surface area contributed by atoms with Gasteiger partial charge >= 0.3 is 0 Å². The third kappa shape index (κ3) is 4.98. The van der Waals surface area contributed by atoms with Gasteiger partial charge in [-0.3, -0.25) is 0 Å². The predicted octanol–water partition coefficient (Wildman–Crippen LogP) is 8.15. The van der Waals surface area contributed by atoms with Gasteiger partial charge in [-0.1, -0.05) is 88.2 Å². The number of hydrogen-bond acceptors (Lipinski definition) is 1. The quantitative estimate of drug-likeness (QED) is 0.353. The Morgan fingerprint density at radius 1 is 0.926 bits per heavy atom. The number of rotatable bonds is 5. The molecule has 4 heteroatoms. The van der Waals surface area contributed by atoms with Crippen molar-refractivity contribution < 1.29 is 0 Å². The van der Waals surface area contributed by atoms with Crippen molar-refractivity contribution in [2.75, 3.05) is 0 Å². The van der Waals surface area contributed by atoms with Crippen molar-refractivity contribution in [1.82, 2.24) is 4.98 Å². The summed E-state index contributed by atoms with van der Waals surface area (Å²) in [6, 6.07) is 20.0. The van der Waals surface area contributed by atoms with E-state index in [0.29, 0.717) is 5.02 Å². The van der Waals surface area contributed by atoms with Crippen LogP contribution in [0.25, 0.3) is 28.0 Å². The summed E-state index contributed by atoms with van der Waals surface area (Å²) in [6.45, 7) is 3.91. The number of pyridine rings is 1. The second kappa shape index (κ2) is 9.18. The van der Waals surface area contributed by atoms with Crippen molar-refractivity contribution in [2.45, 2.75) is 0 Å². The maximum Gasteiger partial charge on any atom is 0.0715 e. The van der Waals surface area contributed by atoms with E-state index in [0.717, 1.165) is 38.1 Å². The van der Waals surface area contributed by atoms with Crippen LogP contribution in [0.5, 0.6) is 0 Å². The third-order valence-corrected chi connectivity index (χ3v) is 4.93. The highest BCUT2D eigenvalue weighted by atomic mass is 79.9. The summed E-state index contributed by atoms with van der Waals surface area (Å²) < 4.78 is 1.04. The number of allylic oxidation sites excluding steroid dienone is 4. The molecule has 0 saturated heterocycles.